The third kappa shape index (κ3) is 2.18. The number of fused-ring (bicyclic) bond motifs is 2. The van der Waals surface area contributed by atoms with Crippen molar-refractivity contribution >= 4 is 21.9 Å². The van der Waals surface area contributed by atoms with Crippen molar-refractivity contribution in [3.63, 3.8) is 0 Å². The second-order valence-electron chi connectivity index (χ2n) is 5.12. The summed E-state index contributed by atoms with van der Waals surface area (Å²) in [5.74, 6) is 0.837. The van der Waals surface area contributed by atoms with E-state index in [4.69, 9.17) is 14.2 Å². The molecule has 0 unspecified atom stereocenters. The monoisotopic (exact) mass is 340 g/mol. The Morgan fingerprint density at radius 2 is 1.70 bits per heavy atom. The molecule has 1 aliphatic heterocycles. The number of benzene rings is 1. The zero-order valence-corrected chi connectivity index (χ0v) is 13.0. The van der Waals surface area contributed by atoms with Gasteiger partial charge in [0.15, 0.2) is 11.5 Å². The second-order valence-corrected chi connectivity index (χ2v) is 5.91. The van der Waals surface area contributed by atoms with E-state index in [0.29, 0.717) is 17.1 Å². The third-order valence-electron chi connectivity index (χ3n) is 3.96. The van der Waals surface area contributed by atoms with Crippen LogP contribution in [0.5, 0.6) is 11.5 Å². The molecule has 0 radical (unpaired) electrons. The number of methoxy groups -OCH3 is 1. The fourth-order valence-corrected chi connectivity index (χ4v) is 3.73. The number of hydrogen-bond acceptors (Lipinski definition) is 4. The Morgan fingerprint density at radius 3 is 2.40 bits per heavy atom. The molecule has 1 aromatic rings. The molecule has 0 aromatic heterocycles. The van der Waals surface area contributed by atoms with Crippen LogP contribution in [0.15, 0.2) is 4.47 Å². The second kappa shape index (κ2) is 5.64. The van der Waals surface area contributed by atoms with Crippen LogP contribution in [-0.2, 0) is 17.6 Å². The van der Waals surface area contributed by atoms with Crippen LogP contribution >= 0.6 is 15.9 Å². The summed E-state index contributed by atoms with van der Waals surface area (Å²) < 4.78 is 16.9. The molecule has 0 atom stereocenters. The molecule has 2 aliphatic rings. The molecule has 4 nitrogen and oxygen atoms in total. The molecule has 0 saturated heterocycles. The van der Waals surface area contributed by atoms with Crippen LogP contribution < -0.4 is 9.47 Å². The molecule has 1 aliphatic carbocycles. The average molecular weight is 341 g/mol. The molecule has 0 bridgehead atoms. The number of carbonyl (C=O) groups is 1. The fourth-order valence-electron chi connectivity index (χ4n) is 3.00. The van der Waals surface area contributed by atoms with Crippen molar-refractivity contribution in [3.8, 4) is 11.5 Å². The van der Waals surface area contributed by atoms with Crippen molar-refractivity contribution in [1.29, 1.82) is 0 Å². The van der Waals surface area contributed by atoms with E-state index >= 15 is 0 Å². The SMILES string of the molecule is COC(=O)c1c2c(c(Br)c3c1OCO3)CCCCCC2. The van der Waals surface area contributed by atoms with Crippen LogP contribution in [-0.4, -0.2) is 19.9 Å². The van der Waals surface area contributed by atoms with Crippen molar-refractivity contribution in [2.24, 2.45) is 0 Å². The van der Waals surface area contributed by atoms with Gasteiger partial charge in [0.05, 0.1) is 11.6 Å². The predicted octanol–water partition coefficient (Wildman–Crippen LogP) is 3.62. The Bertz CT molecular complexity index is 554. The molecule has 108 valence electrons. The number of esters is 1. The molecule has 5 heteroatoms. The van der Waals surface area contributed by atoms with Crippen LogP contribution in [0, 0.1) is 0 Å². The van der Waals surface area contributed by atoms with Gasteiger partial charge in [-0.15, -0.1) is 0 Å². The lowest BCUT2D eigenvalue weighted by molar-refractivity contribution is 0.0594. The van der Waals surface area contributed by atoms with Crippen LogP contribution in [0.2, 0.25) is 0 Å². The maximum Gasteiger partial charge on any atom is 0.342 e. The lowest BCUT2D eigenvalue weighted by Crippen LogP contribution is -2.12. The summed E-state index contributed by atoms with van der Waals surface area (Å²) in [4.78, 5) is 12.2. The summed E-state index contributed by atoms with van der Waals surface area (Å²) in [7, 11) is 1.40. The van der Waals surface area contributed by atoms with Gasteiger partial charge in [0.2, 0.25) is 6.79 Å². The average Bonchev–Trinajstić information content (AvgIpc) is 2.89. The molecule has 0 N–H and O–H groups in total. The Labute approximate surface area is 126 Å². The highest BCUT2D eigenvalue weighted by Crippen LogP contribution is 2.47. The van der Waals surface area contributed by atoms with E-state index < -0.39 is 0 Å². The molecule has 20 heavy (non-hydrogen) atoms. The summed E-state index contributed by atoms with van der Waals surface area (Å²) in [6.45, 7) is 0.154. The topological polar surface area (TPSA) is 44.8 Å². The van der Waals surface area contributed by atoms with Gasteiger partial charge in [0.25, 0.3) is 0 Å². The van der Waals surface area contributed by atoms with E-state index in [1.165, 1.54) is 25.5 Å². The Balaban J connectivity index is 2.23. The first-order valence-electron chi connectivity index (χ1n) is 6.95. The van der Waals surface area contributed by atoms with Crippen LogP contribution in [0.3, 0.4) is 0 Å². The number of carbonyl (C=O) groups excluding carboxylic acids is 1. The van der Waals surface area contributed by atoms with Crippen molar-refractivity contribution in [2.45, 2.75) is 38.5 Å². The third-order valence-corrected chi connectivity index (χ3v) is 4.80. The van der Waals surface area contributed by atoms with Crippen molar-refractivity contribution in [1.82, 2.24) is 0 Å². The highest BCUT2D eigenvalue weighted by molar-refractivity contribution is 9.10. The van der Waals surface area contributed by atoms with Crippen LogP contribution in [0.4, 0.5) is 0 Å². The van der Waals surface area contributed by atoms with Gasteiger partial charge in [-0.1, -0.05) is 12.8 Å². The zero-order valence-electron chi connectivity index (χ0n) is 11.5. The van der Waals surface area contributed by atoms with Gasteiger partial charge in [-0.25, -0.2) is 4.79 Å². The highest BCUT2D eigenvalue weighted by Gasteiger charge is 2.32. The normalized spacial score (nSPS) is 17.1. The number of rotatable bonds is 1. The Morgan fingerprint density at radius 1 is 1.05 bits per heavy atom. The lowest BCUT2D eigenvalue weighted by atomic mass is 9.89. The quantitative estimate of drug-likeness (QED) is 0.732. The summed E-state index contributed by atoms with van der Waals surface area (Å²) in [5.41, 5.74) is 2.79. The summed E-state index contributed by atoms with van der Waals surface area (Å²) in [6, 6.07) is 0. The van der Waals surface area contributed by atoms with Gasteiger partial charge in [0.1, 0.15) is 5.56 Å². The fraction of sp³-hybridized carbons (Fsp3) is 0.533. The van der Waals surface area contributed by atoms with Crippen LogP contribution in [0.1, 0.15) is 47.2 Å². The molecule has 1 aromatic carbocycles. The first kappa shape index (κ1) is 13.7. The highest BCUT2D eigenvalue weighted by atomic mass is 79.9. The molecule has 1 heterocycles. The molecule has 3 rings (SSSR count). The molecular weight excluding hydrogens is 324 g/mol. The molecule has 0 spiro atoms. The number of halogens is 1. The van der Waals surface area contributed by atoms with Gasteiger partial charge in [-0.05, 0) is 52.7 Å². The summed E-state index contributed by atoms with van der Waals surface area (Å²) in [5, 5.41) is 0. The van der Waals surface area contributed by atoms with E-state index in [9.17, 15) is 4.79 Å². The number of ether oxygens (including phenoxy) is 3. The molecular formula is C15H17BrO4. The van der Waals surface area contributed by atoms with Gasteiger partial charge in [-0.2, -0.15) is 0 Å². The maximum absolute atomic E-state index is 12.2. The van der Waals surface area contributed by atoms with Crippen LogP contribution in [0.25, 0.3) is 0 Å². The van der Waals surface area contributed by atoms with Crippen molar-refractivity contribution < 1.29 is 19.0 Å². The first-order chi connectivity index (χ1) is 9.74. The Kier molecular flexibility index (Phi) is 3.87. The predicted molar refractivity (Wildman–Crippen MR) is 77.5 cm³/mol. The minimum Gasteiger partial charge on any atom is -0.465 e. The molecule has 0 amide bonds. The smallest absolute Gasteiger partial charge is 0.342 e. The Hall–Kier alpha value is -1.23. The molecule has 0 saturated carbocycles. The maximum atomic E-state index is 12.2. The van der Waals surface area contributed by atoms with Gasteiger partial charge in [-0.3, -0.25) is 0 Å². The molecule has 0 fully saturated rings. The lowest BCUT2D eigenvalue weighted by Gasteiger charge is -2.20. The number of hydrogen-bond donors (Lipinski definition) is 0. The van der Waals surface area contributed by atoms with E-state index in [1.54, 1.807) is 0 Å². The van der Waals surface area contributed by atoms with Gasteiger partial charge >= 0.3 is 5.97 Å². The van der Waals surface area contributed by atoms with Gasteiger partial charge in [0, 0.05) is 0 Å². The minimum atomic E-state index is -0.337. The minimum absolute atomic E-state index is 0.154. The van der Waals surface area contributed by atoms with E-state index in [2.05, 4.69) is 15.9 Å². The zero-order chi connectivity index (χ0) is 14.1. The van der Waals surface area contributed by atoms with E-state index in [0.717, 1.165) is 35.7 Å². The van der Waals surface area contributed by atoms with E-state index in [-0.39, 0.29) is 12.8 Å². The standard InChI is InChI=1S/C15H17BrO4/c1-18-15(17)11-9-6-4-2-3-5-7-10(9)12(16)14-13(11)19-8-20-14/h2-8H2,1H3. The first-order valence-corrected chi connectivity index (χ1v) is 7.74. The van der Waals surface area contributed by atoms with E-state index in [1.807, 2.05) is 0 Å². The van der Waals surface area contributed by atoms with Gasteiger partial charge < -0.3 is 14.2 Å². The van der Waals surface area contributed by atoms with Crippen molar-refractivity contribution in [2.75, 3.05) is 13.9 Å². The largest absolute Gasteiger partial charge is 0.465 e. The summed E-state index contributed by atoms with van der Waals surface area (Å²) >= 11 is 3.63. The summed E-state index contributed by atoms with van der Waals surface area (Å²) in [6.07, 6.45) is 6.49. The van der Waals surface area contributed by atoms with Crippen molar-refractivity contribution in [3.05, 3.63) is 21.2 Å².